The van der Waals surface area contributed by atoms with Gasteiger partial charge in [0.1, 0.15) is 11.5 Å². The molecule has 4 N–H and O–H groups in total. The van der Waals surface area contributed by atoms with E-state index in [1.807, 2.05) is 42.2 Å². The lowest BCUT2D eigenvalue weighted by atomic mass is 10.0. The summed E-state index contributed by atoms with van der Waals surface area (Å²) in [6, 6.07) is 9.15. The van der Waals surface area contributed by atoms with Crippen LogP contribution in [0.15, 0.2) is 65.2 Å². The van der Waals surface area contributed by atoms with Crippen molar-refractivity contribution in [3.8, 4) is 0 Å². The number of nitrogens with zero attached hydrogens (tertiary/aromatic N) is 6. The van der Waals surface area contributed by atoms with Gasteiger partial charge in [-0.15, -0.1) is 0 Å². The van der Waals surface area contributed by atoms with E-state index in [1.54, 1.807) is 24.8 Å². The van der Waals surface area contributed by atoms with Gasteiger partial charge in [0.2, 0.25) is 5.91 Å². The minimum Gasteiger partial charge on any atom is -0.353 e. The molecule has 5 aromatic heterocycles. The second-order valence-electron chi connectivity index (χ2n) is 9.39. The molecule has 0 aliphatic carbocycles. The topological polar surface area (TPSA) is 139 Å². The van der Waals surface area contributed by atoms with Crippen molar-refractivity contribution in [3.63, 3.8) is 0 Å². The van der Waals surface area contributed by atoms with Crippen LogP contribution in [-0.2, 0) is 17.8 Å². The number of rotatable bonds is 7. The van der Waals surface area contributed by atoms with E-state index in [9.17, 15) is 4.79 Å². The lowest BCUT2D eigenvalue weighted by Gasteiger charge is -2.19. The standard InChI is InChI=1S/C27H26ClN9OS/c1-2-19-23(28)22-24(34-19)35-27(39-16-9-21-20(32-12-16)6-4-8-31-21)36-25(22)37-13-17(18(29)14-37)26(38)33-11-15-5-3-7-30-10-15/h3-10,12,17-18H,2,11,13-14,29H2,1H3,(H,33,38)(H,34,35,36)/t17-,18+/m0/s1. The zero-order valence-electron chi connectivity index (χ0n) is 21.1. The predicted molar refractivity (Wildman–Crippen MR) is 152 cm³/mol. The van der Waals surface area contributed by atoms with Gasteiger partial charge in [0.15, 0.2) is 5.16 Å². The van der Waals surface area contributed by atoms with Crippen molar-refractivity contribution in [1.29, 1.82) is 0 Å². The summed E-state index contributed by atoms with van der Waals surface area (Å²) in [6.45, 7) is 3.31. The Morgan fingerprint density at radius 1 is 1.18 bits per heavy atom. The van der Waals surface area contributed by atoms with Gasteiger partial charge in [0, 0.05) is 61.1 Å². The number of aromatic nitrogens is 6. The van der Waals surface area contributed by atoms with Crippen LogP contribution in [0.5, 0.6) is 0 Å². The van der Waals surface area contributed by atoms with Crippen LogP contribution in [0.1, 0.15) is 18.2 Å². The number of fused-ring (bicyclic) bond motifs is 2. The molecule has 0 spiro atoms. The molecular weight excluding hydrogens is 534 g/mol. The van der Waals surface area contributed by atoms with Crippen molar-refractivity contribution in [1.82, 2.24) is 35.2 Å². The average molecular weight is 560 g/mol. The molecule has 6 rings (SSSR count). The van der Waals surface area contributed by atoms with Gasteiger partial charge in [-0.1, -0.05) is 24.6 Å². The van der Waals surface area contributed by atoms with E-state index in [2.05, 4.69) is 25.3 Å². The Labute approximate surface area is 233 Å². The third-order valence-electron chi connectivity index (χ3n) is 6.80. The van der Waals surface area contributed by atoms with Gasteiger partial charge in [0.05, 0.1) is 27.4 Å². The smallest absolute Gasteiger partial charge is 0.226 e. The van der Waals surface area contributed by atoms with Crippen molar-refractivity contribution in [3.05, 3.63) is 71.4 Å². The first-order valence-corrected chi connectivity index (χ1v) is 13.8. The molecule has 2 atom stereocenters. The molecular formula is C27H26ClN9OS. The fraction of sp³-hybridized carbons (Fsp3) is 0.259. The van der Waals surface area contributed by atoms with E-state index in [0.717, 1.165) is 39.0 Å². The molecule has 0 aromatic carbocycles. The van der Waals surface area contributed by atoms with E-state index in [-0.39, 0.29) is 11.9 Å². The number of aryl methyl sites for hydroxylation is 1. The molecule has 1 amide bonds. The van der Waals surface area contributed by atoms with Gasteiger partial charge >= 0.3 is 0 Å². The molecule has 39 heavy (non-hydrogen) atoms. The Hall–Kier alpha value is -3.80. The second kappa shape index (κ2) is 10.8. The fourth-order valence-electron chi connectivity index (χ4n) is 4.79. The van der Waals surface area contributed by atoms with Crippen molar-refractivity contribution in [2.45, 2.75) is 36.0 Å². The zero-order valence-corrected chi connectivity index (χ0v) is 22.7. The third-order valence-corrected chi connectivity index (χ3v) is 8.04. The Balaban J connectivity index is 1.30. The third kappa shape index (κ3) is 5.12. The number of aromatic amines is 1. The number of halogens is 1. The van der Waals surface area contributed by atoms with Crippen LogP contribution in [0.3, 0.4) is 0 Å². The number of pyridine rings is 3. The normalized spacial score (nSPS) is 17.3. The molecule has 0 radical (unpaired) electrons. The van der Waals surface area contributed by atoms with E-state index in [4.69, 9.17) is 27.3 Å². The van der Waals surface area contributed by atoms with Crippen LogP contribution < -0.4 is 16.0 Å². The van der Waals surface area contributed by atoms with E-state index >= 15 is 0 Å². The molecule has 1 saturated heterocycles. The van der Waals surface area contributed by atoms with Crippen molar-refractivity contribution < 1.29 is 4.79 Å². The Morgan fingerprint density at radius 3 is 2.87 bits per heavy atom. The van der Waals surface area contributed by atoms with Crippen LogP contribution in [0.25, 0.3) is 22.1 Å². The summed E-state index contributed by atoms with van der Waals surface area (Å²) in [5.74, 6) is 0.160. The van der Waals surface area contributed by atoms with Crippen molar-refractivity contribution in [2.24, 2.45) is 11.7 Å². The number of H-pyrrole nitrogens is 1. The maximum Gasteiger partial charge on any atom is 0.226 e. The van der Waals surface area contributed by atoms with Crippen LogP contribution in [0.4, 0.5) is 5.82 Å². The van der Waals surface area contributed by atoms with Crippen LogP contribution in [-0.4, -0.2) is 54.9 Å². The van der Waals surface area contributed by atoms with Crippen molar-refractivity contribution >= 4 is 57.2 Å². The maximum absolute atomic E-state index is 13.1. The fourth-order valence-corrected chi connectivity index (χ4v) is 5.90. The molecule has 12 heteroatoms. The molecule has 6 heterocycles. The molecule has 0 bridgehead atoms. The van der Waals surface area contributed by atoms with Gasteiger partial charge < -0.3 is 20.9 Å². The second-order valence-corrected chi connectivity index (χ2v) is 10.8. The summed E-state index contributed by atoms with van der Waals surface area (Å²) in [5, 5.41) is 4.86. The first kappa shape index (κ1) is 25.5. The lowest BCUT2D eigenvalue weighted by Crippen LogP contribution is -2.40. The van der Waals surface area contributed by atoms with E-state index < -0.39 is 5.92 Å². The number of hydrogen-bond donors (Lipinski definition) is 3. The summed E-state index contributed by atoms with van der Waals surface area (Å²) < 4.78 is 0. The molecule has 0 saturated carbocycles. The number of hydrogen-bond acceptors (Lipinski definition) is 9. The minimum atomic E-state index is -0.401. The Morgan fingerprint density at radius 2 is 2.05 bits per heavy atom. The lowest BCUT2D eigenvalue weighted by molar-refractivity contribution is -0.124. The zero-order chi connectivity index (χ0) is 26.9. The first-order chi connectivity index (χ1) is 19.0. The Kier molecular flexibility index (Phi) is 7.03. The highest BCUT2D eigenvalue weighted by atomic mass is 35.5. The summed E-state index contributed by atoms with van der Waals surface area (Å²) in [6.07, 6.45) is 7.69. The van der Waals surface area contributed by atoms with E-state index in [0.29, 0.717) is 41.3 Å². The summed E-state index contributed by atoms with van der Waals surface area (Å²) in [7, 11) is 0. The number of nitrogens with two attached hydrogens (primary N) is 1. The largest absolute Gasteiger partial charge is 0.353 e. The number of carbonyl (C=O) groups excluding carboxylic acids is 1. The van der Waals surface area contributed by atoms with Gasteiger partial charge in [-0.25, -0.2) is 9.97 Å². The first-order valence-electron chi connectivity index (χ1n) is 12.6. The van der Waals surface area contributed by atoms with E-state index in [1.165, 1.54) is 11.8 Å². The highest BCUT2D eigenvalue weighted by Gasteiger charge is 2.37. The Bertz CT molecular complexity index is 1660. The van der Waals surface area contributed by atoms with Crippen LogP contribution in [0.2, 0.25) is 5.02 Å². The number of anilines is 1. The molecule has 198 valence electrons. The van der Waals surface area contributed by atoms with Crippen LogP contribution in [0, 0.1) is 5.92 Å². The minimum absolute atomic E-state index is 0.0992. The number of nitrogens with one attached hydrogen (secondary N) is 2. The molecule has 5 aromatic rings. The molecule has 10 nitrogen and oxygen atoms in total. The number of carbonyl (C=O) groups is 1. The molecule has 1 aliphatic rings. The van der Waals surface area contributed by atoms with Gasteiger partial charge in [0.25, 0.3) is 0 Å². The predicted octanol–water partition coefficient (Wildman–Crippen LogP) is 3.74. The SMILES string of the molecule is CCc1[nH]c2nc(Sc3cnc4cccnc4c3)nc(N3C[C@@H](N)[C@@H](C(=O)NCc4cccnc4)C3)c2c1Cl. The quantitative estimate of drug-likeness (QED) is 0.254. The monoisotopic (exact) mass is 559 g/mol. The summed E-state index contributed by atoms with van der Waals surface area (Å²) in [5.41, 5.74) is 10.6. The molecule has 1 aliphatic heterocycles. The molecule has 0 unspecified atom stereocenters. The highest BCUT2D eigenvalue weighted by molar-refractivity contribution is 7.99. The van der Waals surface area contributed by atoms with Crippen molar-refractivity contribution in [2.75, 3.05) is 18.0 Å². The van der Waals surface area contributed by atoms with Crippen LogP contribution >= 0.6 is 23.4 Å². The van der Waals surface area contributed by atoms with Gasteiger partial charge in [-0.2, -0.15) is 0 Å². The maximum atomic E-state index is 13.1. The van der Waals surface area contributed by atoms with Gasteiger partial charge in [-0.05, 0) is 48.0 Å². The molecule has 1 fully saturated rings. The number of amides is 1. The summed E-state index contributed by atoms with van der Waals surface area (Å²) in [4.78, 5) is 42.0. The van der Waals surface area contributed by atoms with Gasteiger partial charge in [-0.3, -0.25) is 19.7 Å². The highest BCUT2D eigenvalue weighted by Crippen LogP contribution is 2.38. The summed E-state index contributed by atoms with van der Waals surface area (Å²) >= 11 is 8.19. The average Bonchev–Trinajstić information content (AvgIpc) is 3.51.